The molecule has 3 rings (SSSR count). The van der Waals surface area contributed by atoms with Crippen molar-refractivity contribution in [1.82, 2.24) is 9.88 Å². The van der Waals surface area contributed by atoms with E-state index in [2.05, 4.69) is 15.2 Å². The first-order chi connectivity index (χ1) is 11.0. The summed E-state index contributed by atoms with van der Waals surface area (Å²) >= 11 is 0. The Bertz CT molecular complexity index is 583. The molecule has 2 N–H and O–H groups in total. The lowest BCUT2D eigenvalue weighted by molar-refractivity contribution is -0.145. The highest BCUT2D eigenvalue weighted by molar-refractivity contribution is 5.93. The van der Waals surface area contributed by atoms with Crippen molar-refractivity contribution >= 4 is 17.6 Å². The number of pyridine rings is 1. The predicted molar refractivity (Wildman–Crippen MR) is 86.0 cm³/mol. The normalized spacial score (nSPS) is 25.1. The second kappa shape index (κ2) is 6.66. The van der Waals surface area contributed by atoms with Crippen LogP contribution in [0.3, 0.4) is 0 Å². The summed E-state index contributed by atoms with van der Waals surface area (Å²) in [6, 6.07) is 3.66. The van der Waals surface area contributed by atoms with Crippen LogP contribution >= 0.6 is 0 Å². The molecule has 0 radical (unpaired) electrons. The maximum atomic E-state index is 12.5. The third-order valence-electron chi connectivity index (χ3n) is 4.64. The van der Waals surface area contributed by atoms with Gasteiger partial charge in [-0.05, 0) is 44.2 Å². The van der Waals surface area contributed by atoms with Crippen LogP contribution < -0.4 is 5.32 Å². The summed E-state index contributed by atoms with van der Waals surface area (Å²) in [6.07, 6.45) is 4.48. The van der Waals surface area contributed by atoms with E-state index in [4.69, 9.17) is 0 Å². The van der Waals surface area contributed by atoms with Crippen molar-refractivity contribution < 1.29 is 14.7 Å². The molecule has 6 heteroatoms. The van der Waals surface area contributed by atoms with E-state index in [0.29, 0.717) is 31.1 Å². The Morgan fingerprint density at radius 1 is 1.30 bits per heavy atom. The van der Waals surface area contributed by atoms with Crippen LogP contribution in [0.5, 0.6) is 0 Å². The number of rotatable bonds is 5. The zero-order chi connectivity index (χ0) is 16.4. The average molecular weight is 317 g/mol. The average Bonchev–Trinajstić information content (AvgIpc) is 3.33. The summed E-state index contributed by atoms with van der Waals surface area (Å²) in [5.41, 5.74) is 1.55. The van der Waals surface area contributed by atoms with Crippen LogP contribution in [0.15, 0.2) is 18.3 Å². The lowest BCUT2D eigenvalue weighted by atomic mass is 9.88. The molecule has 1 aliphatic carbocycles. The fraction of sp³-hybridized carbons (Fsp3) is 0.588. The van der Waals surface area contributed by atoms with Gasteiger partial charge in [0.1, 0.15) is 0 Å². The zero-order valence-electron chi connectivity index (χ0n) is 13.4. The predicted octanol–water partition coefficient (Wildman–Crippen LogP) is 1.76. The summed E-state index contributed by atoms with van der Waals surface area (Å²) in [5.74, 6) is -0.977. The van der Waals surface area contributed by atoms with Gasteiger partial charge in [-0.25, -0.2) is 0 Å². The Labute approximate surface area is 135 Å². The van der Waals surface area contributed by atoms with Crippen LogP contribution in [0.4, 0.5) is 5.69 Å². The highest BCUT2D eigenvalue weighted by atomic mass is 16.4. The van der Waals surface area contributed by atoms with Gasteiger partial charge in [-0.1, -0.05) is 0 Å². The summed E-state index contributed by atoms with van der Waals surface area (Å²) in [4.78, 5) is 30.2. The van der Waals surface area contributed by atoms with Crippen molar-refractivity contribution in [2.24, 2.45) is 17.8 Å². The summed E-state index contributed by atoms with van der Waals surface area (Å²) in [6.45, 7) is 4.01. The number of carboxylic acids is 1. The van der Waals surface area contributed by atoms with E-state index >= 15 is 0 Å². The monoisotopic (exact) mass is 317 g/mol. The lowest BCUT2D eigenvalue weighted by Gasteiger charge is -2.35. The molecule has 0 unspecified atom stereocenters. The third-order valence-corrected chi connectivity index (χ3v) is 4.64. The summed E-state index contributed by atoms with van der Waals surface area (Å²) in [7, 11) is 0. The van der Waals surface area contributed by atoms with Crippen molar-refractivity contribution in [2.45, 2.75) is 26.2 Å². The molecule has 6 nitrogen and oxygen atoms in total. The van der Waals surface area contributed by atoms with Crippen molar-refractivity contribution in [3.05, 3.63) is 24.0 Å². The standard InChI is InChI=1S/C17H23N3O3/c1-11-2-5-15(7-18-11)19-16(21)13-6-14(17(22)23)10-20(9-13)8-12-3-4-12/h2,5,7,12-14H,3-4,6,8-10H2,1H3,(H,19,21)(H,22,23)/t13-,14-/m0/s1. The van der Waals surface area contributed by atoms with Gasteiger partial charge in [-0.15, -0.1) is 0 Å². The zero-order valence-corrected chi connectivity index (χ0v) is 13.4. The van der Waals surface area contributed by atoms with E-state index in [1.54, 1.807) is 6.20 Å². The van der Waals surface area contributed by atoms with Gasteiger partial charge in [0.15, 0.2) is 0 Å². The molecular weight excluding hydrogens is 294 g/mol. The number of aryl methyl sites for hydroxylation is 1. The molecule has 1 aromatic heterocycles. The number of carbonyl (C=O) groups excluding carboxylic acids is 1. The molecule has 0 bridgehead atoms. The molecule has 2 fully saturated rings. The Morgan fingerprint density at radius 3 is 2.65 bits per heavy atom. The number of amides is 1. The second-order valence-electron chi connectivity index (χ2n) is 6.81. The van der Waals surface area contributed by atoms with Gasteiger partial charge < -0.3 is 15.3 Å². The van der Waals surface area contributed by atoms with Gasteiger partial charge in [0.2, 0.25) is 5.91 Å². The van der Waals surface area contributed by atoms with Gasteiger partial charge >= 0.3 is 5.97 Å². The van der Waals surface area contributed by atoms with Gasteiger partial charge in [0.25, 0.3) is 0 Å². The first-order valence-electron chi connectivity index (χ1n) is 8.20. The van der Waals surface area contributed by atoms with E-state index in [0.717, 1.165) is 12.2 Å². The molecule has 2 aliphatic rings. The van der Waals surface area contributed by atoms with Gasteiger partial charge in [0, 0.05) is 25.3 Å². The molecule has 23 heavy (non-hydrogen) atoms. The SMILES string of the molecule is Cc1ccc(NC(=O)[C@H]2C[C@H](C(=O)O)CN(CC3CC3)C2)cn1. The molecule has 0 aromatic carbocycles. The number of hydrogen-bond acceptors (Lipinski definition) is 4. The molecule has 2 heterocycles. The number of nitrogens with one attached hydrogen (secondary N) is 1. The molecule has 1 saturated heterocycles. The number of anilines is 1. The van der Waals surface area contributed by atoms with Crippen molar-refractivity contribution in [3.63, 3.8) is 0 Å². The Hall–Kier alpha value is -1.95. The molecule has 1 aromatic rings. The largest absolute Gasteiger partial charge is 0.481 e. The number of carboxylic acid groups (broad SMARTS) is 1. The number of likely N-dealkylation sites (tertiary alicyclic amines) is 1. The number of piperidine rings is 1. The maximum absolute atomic E-state index is 12.5. The fourth-order valence-corrected chi connectivity index (χ4v) is 3.16. The van der Waals surface area contributed by atoms with Crippen LogP contribution in [0.1, 0.15) is 25.0 Å². The van der Waals surface area contributed by atoms with Gasteiger partial charge in [-0.2, -0.15) is 0 Å². The summed E-state index contributed by atoms with van der Waals surface area (Å²) < 4.78 is 0. The lowest BCUT2D eigenvalue weighted by Crippen LogP contribution is -2.47. The number of hydrogen-bond donors (Lipinski definition) is 2. The molecule has 1 saturated carbocycles. The van der Waals surface area contributed by atoms with Crippen LogP contribution in [0.2, 0.25) is 0 Å². The van der Waals surface area contributed by atoms with Crippen molar-refractivity contribution in [2.75, 3.05) is 25.0 Å². The van der Waals surface area contributed by atoms with Crippen LogP contribution in [0, 0.1) is 24.7 Å². The molecule has 0 spiro atoms. The van der Waals surface area contributed by atoms with E-state index in [1.165, 1.54) is 12.8 Å². The van der Waals surface area contributed by atoms with E-state index in [9.17, 15) is 14.7 Å². The smallest absolute Gasteiger partial charge is 0.307 e. The third kappa shape index (κ3) is 4.28. The van der Waals surface area contributed by atoms with E-state index in [-0.39, 0.29) is 11.8 Å². The number of nitrogens with zero attached hydrogens (tertiary/aromatic N) is 2. The Balaban J connectivity index is 1.64. The minimum atomic E-state index is -0.805. The quantitative estimate of drug-likeness (QED) is 0.865. The molecule has 124 valence electrons. The number of aromatic nitrogens is 1. The Kier molecular flexibility index (Phi) is 4.61. The first kappa shape index (κ1) is 15.9. The van der Waals surface area contributed by atoms with Gasteiger partial charge in [0.05, 0.1) is 23.7 Å². The minimum absolute atomic E-state index is 0.109. The highest BCUT2D eigenvalue weighted by Crippen LogP contribution is 2.32. The number of carbonyl (C=O) groups is 2. The van der Waals surface area contributed by atoms with E-state index in [1.807, 2.05) is 19.1 Å². The topological polar surface area (TPSA) is 82.5 Å². The number of aliphatic carboxylic acids is 1. The second-order valence-corrected chi connectivity index (χ2v) is 6.81. The highest BCUT2D eigenvalue weighted by Gasteiger charge is 2.37. The molecule has 1 amide bonds. The van der Waals surface area contributed by atoms with Crippen LogP contribution in [-0.2, 0) is 9.59 Å². The minimum Gasteiger partial charge on any atom is -0.481 e. The fourth-order valence-electron chi connectivity index (χ4n) is 3.16. The van der Waals surface area contributed by atoms with Crippen molar-refractivity contribution in [3.8, 4) is 0 Å². The van der Waals surface area contributed by atoms with Crippen LogP contribution in [-0.4, -0.2) is 46.5 Å². The summed E-state index contributed by atoms with van der Waals surface area (Å²) in [5, 5.41) is 12.2. The molecular formula is C17H23N3O3. The molecule has 2 atom stereocenters. The van der Waals surface area contributed by atoms with Gasteiger partial charge in [-0.3, -0.25) is 14.6 Å². The van der Waals surface area contributed by atoms with E-state index < -0.39 is 11.9 Å². The van der Waals surface area contributed by atoms with Crippen LogP contribution in [0.25, 0.3) is 0 Å². The molecule has 1 aliphatic heterocycles. The first-order valence-corrected chi connectivity index (χ1v) is 8.20. The van der Waals surface area contributed by atoms with Crippen molar-refractivity contribution in [1.29, 1.82) is 0 Å². The Morgan fingerprint density at radius 2 is 2.04 bits per heavy atom. The maximum Gasteiger partial charge on any atom is 0.307 e.